The van der Waals surface area contributed by atoms with Gasteiger partial charge in [-0.2, -0.15) is 0 Å². The van der Waals surface area contributed by atoms with Crippen molar-refractivity contribution < 1.29 is 14.0 Å². The maximum Gasteiger partial charge on any atom is 0.255 e. The third kappa shape index (κ3) is 3.63. The Kier molecular flexibility index (Phi) is 5.48. The lowest BCUT2D eigenvalue weighted by Crippen LogP contribution is -2.49. The van der Waals surface area contributed by atoms with Crippen molar-refractivity contribution in [2.24, 2.45) is 0 Å². The molecule has 162 valence electrons. The van der Waals surface area contributed by atoms with Crippen LogP contribution in [0.4, 0.5) is 15.8 Å². The summed E-state index contributed by atoms with van der Waals surface area (Å²) in [7, 11) is 0. The molecule has 0 radical (unpaired) electrons. The normalized spacial score (nSPS) is 23.8. The minimum Gasteiger partial charge on any atom is -0.307 e. The van der Waals surface area contributed by atoms with Gasteiger partial charge in [0.2, 0.25) is 5.91 Å². The summed E-state index contributed by atoms with van der Waals surface area (Å²) in [4.78, 5) is 31.0. The van der Waals surface area contributed by atoms with E-state index < -0.39 is 11.9 Å². The lowest BCUT2D eigenvalue weighted by Gasteiger charge is -2.34. The molecule has 3 aliphatic rings. The second kappa shape index (κ2) is 8.42. The van der Waals surface area contributed by atoms with Crippen LogP contribution in [0.15, 0.2) is 48.5 Å². The van der Waals surface area contributed by atoms with Crippen molar-refractivity contribution in [1.82, 2.24) is 5.32 Å². The molecule has 0 spiro atoms. The Morgan fingerprint density at radius 2 is 1.81 bits per heavy atom. The predicted octanol–water partition coefficient (Wildman–Crippen LogP) is 4.33. The predicted molar refractivity (Wildman–Crippen MR) is 118 cm³/mol. The quantitative estimate of drug-likeness (QED) is 0.800. The largest absolute Gasteiger partial charge is 0.307 e. The first kappa shape index (κ1) is 20.2. The van der Waals surface area contributed by atoms with Gasteiger partial charge in [-0.3, -0.25) is 14.5 Å². The third-order valence-corrected chi connectivity index (χ3v) is 6.84. The average Bonchev–Trinajstić information content (AvgIpc) is 3.42. The summed E-state index contributed by atoms with van der Waals surface area (Å²) >= 11 is 0. The third-order valence-electron chi connectivity index (χ3n) is 6.84. The van der Waals surface area contributed by atoms with Gasteiger partial charge in [0.25, 0.3) is 5.91 Å². The van der Waals surface area contributed by atoms with Crippen LogP contribution in [-0.2, 0) is 9.59 Å². The maximum absolute atomic E-state index is 14.2. The zero-order valence-electron chi connectivity index (χ0n) is 17.6. The Morgan fingerprint density at radius 3 is 2.55 bits per heavy atom. The molecule has 1 saturated carbocycles. The zero-order chi connectivity index (χ0) is 21.4. The molecular weight excluding hydrogens is 393 g/mol. The second-order valence-electron chi connectivity index (χ2n) is 8.80. The molecule has 1 N–H and O–H groups in total. The van der Waals surface area contributed by atoms with Crippen molar-refractivity contribution in [3.63, 3.8) is 0 Å². The first-order valence-corrected chi connectivity index (χ1v) is 11.4. The number of amides is 2. The molecule has 2 aromatic carbocycles. The van der Waals surface area contributed by atoms with Gasteiger partial charge in [0.05, 0.1) is 6.04 Å². The molecule has 2 fully saturated rings. The van der Waals surface area contributed by atoms with E-state index in [9.17, 15) is 14.0 Å². The van der Waals surface area contributed by atoms with Gasteiger partial charge in [0, 0.05) is 23.0 Å². The van der Waals surface area contributed by atoms with Gasteiger partial charge in [-0.1, -0.05) is 43.5 Å². The van der Waals surface area contributed by atoms with E-state index in [1.54, 1.807) is 12.1 Å². The molecule has 5 rings (SSSR count). The average molecular weight is 422 g/mol. The molecule has 1 saturated heterocycles. The number of nitrogens with zero attached hydrogens (tertiary/aromatic N) is 2. The van der Waals surface area contributed by atoms with Crippen LogP contribution in [0.25, 0.3) is 0 Å². The molecule has 2 amide bonds. The van der Waals surface area contributed by atoms with Crippen LogP contribution in [0.5, 0.6) is 0 Å². The fraction of sp³-hybridized carbons (Fsp3) is 0.440. The highest BCUT2D eigenvalue weighted by Crippen LogP contribution is 2.44. The second-order valence-corrected chi connectivity index (χ2v) is 8.80. The number of anilines is 2. The number of nitrogens with one attached hydrogen (secondary N) is 1. The van der Waals surface area contributed by atoms with E-state index in [1.165, 1.54) is 23.5 Å². The molecule has 6 heteroatoms. The van der Waals surface area contributed by atoms with Crippen LogP contribution in [0, 0.1) is 5.82 Å². The SMILES string of the molecule is O=C1[C@@H](N(C(=O)[C@H]2CCCN2)c2cccc(F)c2)c2ccccc2N1C1CCCCC1. The molecule has 1 aliphatic carbocycles. The fourth-order valence-corrected chi connectivity index (χ4v) is 5.38. The summed E-state index contributed by atoms with van der Waals surface area (Å²) in [6.07, 6.45) is 7.01. The van der Waals surface area contributed by atoms with Crippen molar-refractivity contribution in [2.45, 2.75) is 63.1 Å². The highest BCUT2D eigenvalue weighted by atomic mass is 19.1. The van der Waals surface area contributed by atoms with E-state index >= 15 is 0 Å². The van der Waals surface area contributed by atoms with Gasteiger partial charge < -0.3 is 10.2 Å². The molecule has 5 nitrogen and oxygen atoms in total. The van der Waals surface area contributed by atoms with Crippen molar-refractivity contribution in [3.05, 3.63) is 59.9 Å². The van der Waals surface area contributed by atoms with E-state index in [2.05, 4.69) is 5.32 Å². The summed E-state index contributed by atoms with van der Waals surface area (Å²) in [5, 5.41) is 3.25. The van der Waals surface area contributed by atoms with Crippen LogP contribution in [0.1, 0.15) is 56.6 Å². The first-order valence-electron chi connectivity index (χ1n) is 11.4. The number of hydrogen-bond acceptors (Lipinski definition) is 3. The van der Waals surface area contributed by atoms with Crippen LogP contribution >= 0.6 is 0 Å². The monoisotopic (exact) mass is 421 g/mol. The van der Waals surface area contributed by atoms with E-state index in [0.29, 0.717) is 5.69 Å². The number of halogens is 1. The Labute approximate surface area is 182 Å². The van der Waals surface area contributed by atoms with Gasteiger partial charge in [-0.25, -0.2) is 4.39 Å². The van der Waals surface area contributed by atoms with Gasteiger partial charge in [0.1, 0.15) is 11.9 Å². The number of carbonyl (C=O) groups is 2. The summed E-state index contributed by atoms with van der Waals surface area (Å²) in [5.74, 6) is -0.664. The van der Waals surface area contributed by atoms with Crippen molar-refractivity contribution in [3.8, 4) is 0 Å². The number of rotatable bonds is 4. The van der Waals surface area contributed by atoms with Gasteiger partial charge in [0.15, 0.2) is 0 Å². The standard InChI is InChI=1S/C25H28FN3O2/c26-17-8-6-11-19(16-17)29(24(30)21-13-7-15-27-21)23-20-12-4-5-14-22(20)28(25(23)31)18-9-2-1-3-10-18/h4-6,8,11-12,14,16,18,21,23,27H,1-3,7,9-10,13,15H2/t21-,23+/m1/s1. The van der Waals surface area contributed by atoms with E-state index in [0.717, 1.165) is 56.3 Å². The number of carbonyl (C=O) groups excluding carboxylic acids is 2. The molecule has 2 heterocycles. The fourth-order valence-electron chi connectivity index (χ4n) is 5.38. The van der Waals surface area contributed by atoms with Gasteiger partial charge in [-0.05, 0) is 56.5 Å². The summed E-state index contributed by atoms with van der Waals surface area (Å²) in [5.41, 5.74) is 2.14. The summed E-state index contributed by atoms with van der Waals surface area (Å²) in [6, 6.07) is 12.8. The van der Waals surface area contributed by atoms with Crippen LogP contribution < -0.4 is 15.1 Å². The molecule has 31 heavy (non-hydrogen) atoms. The van der Waals surface area contributed by atoms with Crippen LogP contribution in [0.3, 0.4) is 0 Å². The van der Waals surface area contributed by atoms with Crippen molar-refractivity contribution in [1.29, 1.82) is 0 Å². The van der Waals surface area contributed by atoms with Crippen molar-refractivity contribution >= 4 is 23.2 Å². The topological polar surface area (TPSA) is 52.7 Å². The van der Waals surface area contributed by atoms with Crippen LogP contribution in [-0.4, -0.2) is 30.4 Å². The first-order chi connectivity index (χ1) is 15.1. The lowest BCUT2D eigenvalue weighted by molar-refractivity contribution is -0.125. The van der Waals surface area contributed by atoms with E-state index in [1.807, 2.05) is 29.2 Å². The van der Waals surface area contributed by atoms with Crippen molar-refractivity contribution in [2.75, 3.05) is 16.3 Å². The van der Waals surface area contributed by atoms with Crippen LogP contribution in [0.2, 0.25) is 0 Å². The summed E-state index contributed by atoms with van der Waals surface area (Å²) < 4.78 is 14.2. The van der Waals surface area contributed by atoms with Gasteiger partial charge in [-0.15, -0.1) is 0 Å². The Bertz CT molecular complexity index is 982. The molecule has 0 aromatic heterocycles. The molecule has 2 atom stereocenters. The number of para-hydroxylation sites is 1. The Hall–Kier alpha value is -2.73. The number of benzene rings is 2. The number of hydrogen-bond donors (Lipinski definition) is 1. The Morgan fingerprint density at radius 1 is 1.00 bits per heavy atom. The highest BCUT2D eigenvalue weighted by molar-refractivity contribution is 6.12. The van der Waals surface area contributed by atoms with Gasteiger partial charge >= 0.3 is 0 Å². The summed E-state index contributed by atoms with van der Waals surface area (Å²) in [6.45, 7) is 0.775. The highest BCUT2D eigenvalue weighted by Gasteiger charge is 2.47. The minimum absolute atomic E-state index is 0.0799. The Balaban J connectivity index is 1.59. The van der Waals surface area contributed by atoms with E-state index in [-0.39, 0.29) is 23.9 Å². The lowest BCUT2D eigenvalue weighted by atomic mass is 9.94. The number of fused-ring (bicyclic) bond motifs is 1. The molecule has 0 bridgehead atoms. The zero-order valence-corrected chi connectivity index (χ0v) is 17.6. The van der Waals surface area contributed by atoms with E-state index in [4.69, 9.17) is 0 Å². The molecular formula is C25H28FN3O2. The maximum atomic E-state index is 14.2. The molecule has 0 unspecified atom stereocenters. The smallest absolute Gasteiger partial charge is 0.255 e. The molecule has 2 aromatic rings. The molecule has 2 aliphatic heterocycles. The minimum atomic E-state index is -0.769.